The zero-order valence-electron chi connectivity index (χ0n) is 21.3. The first kappa shape index (κ1) is 30.2. The second-order valence-corrected chi connectivity index (χ2v) is 9.84. The van der Waals surface area contributed by atoms with Crippen LogP contribution in [0.3, 0.4) is 0 Å². The average Bonchev–Trinajstić information content (AvgIpc) is 3.51. The number of hydrogen-bond donors (Lipinski definition) is 3. The molecule has 2 heterocycles. The number of aromatic amines is 1. The predicted octanol–water partition coefficient (Wildman–Crippen LogP) is 5.11. The molecule has 0 radical (unpaired) electrons. The van der Waals surface area contributed by atoms with Crippen molar-refractivity contribution in [1.29, 1.82) is 0 Å². The number of nitrogens with zero attached hydrogens (tertiary/aromatic N) is 3. The van der Waals surface area contributed by atoms with Gasteiger partial charge in [0.15, 0.2) is 11.5 Å². The molecule has 2 amide bonds. The lowest BCUT2D eigenvalue weighted by Crippen LogP contribution is -2.38. The molecular weight excluding hydrogens is 572 g/mol. The number of aromatic nitrogens is 4. The number of alkyl halides is 7. The number of nitrogens with one attached hydrogen (secondary N) is 3. The van der Waals surface area contributed by atoms with E-state index in [9.17, 15) is 40.3 Å². The molecule has 41 heavy (non-hydrogen) atoms. The third kappa shape index (κ3) is 7.11. The second kappa shape index (κ2) is 11.6. The summed E-state index contributed by atoms with van der Waals surface area (Å²) in [6, 6.07) is 0.968. The third-order valence-corrected chi connectivity index (χ3v) is 6.88. The maximum Gasteiger partial charge on any atom is 0.390 e. The van der Waals surface area contributed by atoms with Crippen molar-refractivity contribution in [3.8, 4) is 0 Å². The van der Waals surface area contributed by atoms with Gasteiger partial charge in [-0.1, -0.05) is 11.2 Å². The Bertz CT molecular complexity index is 1400. The molecule has 4 rings (SSSR count). The highest BCUT2D eigenvalue weighted by molar-refractivity contribution is 5.93. The molecule has 1 aliphatic rings. The summed E-state index contributed by atoms with van der Waals surface area (Å²) in [6.45, 7) is 0.209. The van der Waals surface area contributed by atoms with Crippen molar-refractivity contribution in [2.75, 3.05) is 6.54 Å². The number of aryl methyl sites for hydroxylation is 1. The molecule has 17 heteroatoms. The van der Waals surface area contributed by atoms with Crippen LogP contribution in [-0.4, -0.2) is 57.2 Å². The van der Waals surface area contributed by atoms with E-state index in [2.05, 4.69) is 30.2 Å². The van der Waals surface area contributed by atoms with E-state index in [1.807, 2.05) is 0 Å². The van der Waals surface area contributed by atoms with Gasteiger partial charge in [0.1, 0.15) is 17.0 Å². The number of carbonyl (C=O) groups is 2. The number of H-pyrrole nitrogens is 1. The maximum absolute atomic E-state index is 15.6. The molecule has 0 bridgehead atoms. The number of hydrogen-bond acceptors (Lipinski definition) is 6. The number of benzene rings is 1. The molecule has 3 N–H and O–H groups in total. The summed E-state index contributed by atoms with van der Waals surface area (Å²) in [5.74, 6) is -9.34. The zero-order valence-corrected chi connectivity index (χ0v) is 21.3. The molecule has 0 saturated heterocycles. The average molecular weight is 596 g/mol. The fourth-order valence-electron chi connectivity index (χ4n) is 4.82. The molecule has 224 valence electrons. The minimum absolute atomic E-state index is 0.0281. The quantitative estimate of drug-likeness (QED) is 0.295. The van der Waals surface area contributed by atoms with E-state index in [0.717, 1.165) is 12.1 Å². The summed E-state index contributed by atoms with van der Waals surface area (Å²) in [5, 5.41) is 11.3. The molecule has 9 nitrogen and oxygen atoms in total. The number of imidazole rings is 1. The van der Waals surface area contributed by atoms with Crippen molar-refractivity contribution >= 4 is 22.8 Å². The van der Waals surface area contributed by atoms with Gasteiger partial charge in [-0.2, -0.15) is 13.2 Å². The largest absolute Gasteiger partial charge is 0.390 e. The Morgan fingerprint density at radius 3 is 2.44 bits per heavy atom. The summed E-state index contributed by atoms with van der Waals surface area (Å²) in [5.41, 5.74) is -1.31. The molecule has 1 saturated carbocycles. The molecule has 1 aromatic carbocycles. The lowest BCUT2D eigenvalue weighted by molar-refractivity contribution is -0.148. The third-order valence-electron chi connectivity index (χ3n) is 6.88. The van der Waals surface area contributed by atoms with E-state index in [0.29, 0.717) is 0 Å². The monoisotopic (exact) mass is 596 g/mol. The Morgan fingerprint density at radius 1 is 1.17 bits per heavy atom. The van der Waals surface area contributed by atoms with Crippen molar-refractivity contribution in [3.05, 3.63) is 40.7 Å². The summed E-state index contributed by atoms with van der Waals surface area (Å²) in [4.78, 5) is 32.2. The van der Waals surface area contributed by atoms with E-state index in [4.69, 9.17) is 0 Å². The Kier molecular flexibility index (Phi) is 8.54. The zero-order chi connectivity index (χ0) is 30.1. The van der Waals surface area contributed by atoms with Crippen LogP contribution in [0.5, 0.6) is 0 Å². The number of amides is 2. The minimum atomic E-state index is -4.95. The van der Waals surface area contributed by atoms with Crippen LogP contribution in [0.25, 0.3) is 11.0 Å². The highest BCUT2D eigenvalue weighted by Crippen LogP contribution is 2.42. The van der Waals surface area contributed by atoms with Gasteiger partial charge in [-0.15, -0.1) is 0 Å². The Hall–Kier alpha value is -3.79. The van der Waals surface area contributed by atoms with Crippen LogP contribution in [-0.2, 0) is 4.79 Å². The van der Waals surface area contributed by atoms with Crippen LogP contribution in [0.15, 0.2) is 16.8 Å². The normalized spacial score (nSPS) is 17.5. The molecule has 0 aliphatic heterocycles. The predicted molar refractivity (Wildman–Crippen MR) is 125 cm³/mol. The van der Waals surface area contributed by atoms with Crippen molar-refractivity contribution in [3.63, 3.8) is 0 Å². The van der Waals surface area contributed by atoms with Crippen LogP contribution in [0.1, 0.15) is 71.6 Å². The van der Waals surface area contributed by atoms with Crippen molar-refractivity contribution < 1.29 is 49.3 Å². The fourth-order valence-corrected chi connectivity index (χ4v) is 4.82. The van der Waals surface area contributed by atoms with Gasteiger partial charge >= 0.3 is 6.18 Å². The number of fused-ring (bicyclic) bond motifs is 1. The van der Waals surface area contributed by atoms with E-state index >= 15 is 4.39 Å². The van der Waals surface area contributed by atoms with Gasteiger partial charge in [0.2, 0.25) is 11.8 Å². The maximum atomic E-state index is 15.6. The first-order valence-corrected chi connectivity index (χ1v) is 12.4. The van der Waals surface area contributed by atoms with Gasteiger partial charge in [0, 0.05) is 18.4 Å². The topological polar surface area (TPSA) is 126 Å². The van der Waals surface area contributed by atoms with Crippen molar-refractivity contribution in [1.82, 2.24) is 30.9 Å². The second-order valence-electron chi connectivity index (χ2n) is 9.84. The highest BCUT2D eigenvalue weighted by Gasteiger charge is 2.41. The Balaban J connectivity index is 1.71. The van der Waals surface area contributed by atoms with Gasteiger partial charge in [-0.05, 0) is 36.9 Å². The first-order valence-electron chi connectivity index (χ1n) is 12.4. The van der Waals surface area contributed by atoms with Crippen LogP contribution < -0.4 is 10.6 Å². The molecule has 1 unspecified atom stereocenters. The lowest BCUT2D eigenvalue weighted by atomic mass is 9.81. The van der Waals surface area contributed by atoms with E-state index in [1.54, 1.807) is 5.32 Å². The van der Waals surface area contributed by atoms with E-state index in [-0.39, 0.29) is 35.6 Å². The Labute approximate surface area is 226 Å². The molecule has 3 aromatic rings. The summed E-state index contributed by atoms with van der Waals surface area (Å²) >= 11 is 0. The number of rotatable bonds is 9. The molecule has 1 aliphatic carbocycles. The number of carbonyl (C=O) groups excluding carboxylic acids is 2. The van der Waals surface area contributed by atoms with Crippen molar-refractivity contribution in [2.45, 2.75) is 69.5 Å². The smallest absolute Gasteiger partial charge is 0.350 e. The summed E-state index contributed by atoms with van der Waals surface area (Å²) in [7, 11) is 0. The van der Waals surface area contributed by atoms with E-state index < -0.39 is 90.9 Å². The molecular formula is C24H24F8N6O3. The van der Waals surface area contributed by atoms with Gasteiger partial charge < -0.3 is 15.6 Å². The summed E-state index contributed by atoms with van der Waals surface area (Å²) < 4.78 is 113. The van der Waals surface area contributed by atoms with E-state index in [1.165, 1.54) is 6.92 Å². The van der Waals surface area contributed by atoms with Crippen molar-refractivity contribution in [2.24, 2.45) is 5.92 Å². The molecule has 0 spiro atoms. The van der Waals surface area contributed by atoms with Gasteiger partial charge in [0.05, 0.1) is 30.4 Å². The van der Waals surface area contributed by atoms with Gasteiger partial charge in [-0.3, -0.25) is 9.59 Å². The first-order chi connectivity index (χ1) is 19.1. The number of halogens is 8. The molecule has 1 fully saturated rings. The fraction of sp³-hybridized carbons (Fsp3) is 0.542. The van der Waals surface area contributed by atoms with Crippen LogP contribution in [0, 0.1) is 18.7 Å². The Morgan fingerprint density at radius 2 is 1.85 bits per heavy atom. The highest BCUT2D eigenvalue weighted by atomic mass is 19.4. The van der Waals surface area contributed by atoms with Crippen LogP contribution >= 0.6 is 0 Å². The van der Waals surface area contributed by atoms with Crippen LogP contribution in [0.2, 0.25) is 0 Å². The summed E-state index contributed by atoms with van der Waals surface area (Å²) in [6.07, 6.45) is -10.9. The van der Waals surface area contributed by atoms with Gasteiger partial charge in [-0.25, -0.2) is 31.6 Å². The standard InChI is InChI=1S/C24H24F8N6O3/c1-10-17(38-41-37-10)22(40)36-18(11-4-6-23(28,29)7-5-11)20-34-14-3-2-12(16(27)19(14)35-20)13(8-24(30,31)32)21(39)33-9-15(25)26/h2-3,11,13,15,18H,4-9H2,1H3,(H,33,39)(H,34,35)(H,36,40)/t13?,18-/m0/s1. The minimum Gasteiger partial charge on any atom is -0.350 e. The lowest BCUT2D eigenvalue weighted by Gasteiger charge is -2.33. The molecule has 2 aromatic heterocycles. The van der Waals surface area contributed by atoms with Crippen LogP contribution in [0.4, 0.5) is 35.1 Å². The molecule has 2 atom stereocenters. The van der Waals surface area contributed by atoms with Gasteiger partial charge in [0.25, 0.3) is 12.3 Å². The SMILES string of the molecule is Cc1nonc1C(=O)N[C@H](c1nc2c(F)c(C(CC(F)(F)F)C(=O)NCC(F)F)ccc2[nH]1)C1CCC(F)(F)CC1.